The quantitative estimate of drug-likeness (QED) is 0.0444. The van der Waals surface area contributed by atoms with Gasteiger partial charge < -0.3 is 49.0 Å². The zero-order valence-electron chi connectivity index (χ0n) is 42.9. The summed E-state index contributed by atoms with van der Waals surface area (Å²) in [5.41, 5.74) is 11.5. The van der Waals surface area contributed by atoms with E-state index in [4.69, 9.17) is 29.1 Å². The van der Waals surface area contributed by atoms with E-state index in [2.05, 4.69) is 53.0 Å². The Bertz CT molecular complexity index is 2570. The van der Waals surface area contributed by atoms with Crippen LogP contribution in [0, 0.1) is 11.6 Å². The number of halogens is 2. The molecule has 2 aliphatic rings. The van der Waals surface area contributed by atoms with Crippen LogP contribution in [0.3, 0.4) is 0 Å². The highest BCUT2D eigenvalue weighted by molar-refractivity contribution is 6.74. The highest BCUT2D eigenvalue weighted by atomic mass is 28.4. The number of rotatable bonds is 20. The van der Waals surface area contributed by atoms with Gasteiger partial charge >= 0.3 is 0 Å². The number of nitrogens with zero attached hydrogens (tertiary/aromatic N) is 2. The second kappa shape index (κ2) is 21.8. The number of nitrogens with one attached hydrogen (secondary N) is 1. The van der Waals surface area contributed by atoms with E-state index >= 15 is 0 Å². The van der Waals surface area contributed by atoms with Crippen LogP contribution in [-0.4, -0.2) is 96.2 Å². The van der Waals surface area contributed by atoms with Crippen molar-refractivity contribution in [1.29, 1.82) is 0 Å². The van der Waals surface area contributed by atoms with Crippen molar-refractivity contribution in [3.8, 4) is 23.0 Å². The number of amides is 2. The molecule has 16 heteroatoms. The molecule has 378 valence electrons. The van der Waals surface area contributed by atoms with Gasteiger partial charge in [0.15, 0.2) is 39.6 Å². The molecule has 2 heterocycles. The van der Waals surface area contributed by atoms with Gasteiger partial charge in [0.05, 0.1) is 56.9 Å². The van der Waals surface area contributed by atoms with Gasteiger partial charge in [-0.05, 0) is 121 Å². The predicted octanol–water partition coefficient (Wildman–Crippen LogP) is 11.7. The monoisotopic (exact) mass is 998 g/mol. The summed E-state index contributed by atoms with van der Waals surface area (Å²) in [5.74, 6) is 0.274. The third-order valence-corrected chi connectivity index (χ3v) is 22.6. The summed E-state index contributed by atoms with van der Waals surface area (Å²) in [4.78, 5) is 43.4. The number of anilines is 2. The van der Waals surface area contributed by atoms with Gasteiger partial charge in [-0.25, -0.2) is 8.78 Å². The lowest BCUT2D eigenvalue weighted by Crippen LogP contribution is -2.45. The Balaban J connectivity index is 1.14. The van der Waals surface area contributed by atoms with Gasteiger partial charge in [0.2, 0.25) is 0 Å². The fraction of sp³-hybridized carbons (Fsp3) is 0.444. The minimum atomic E-state index is -2.51. The molecule has 4 aromatic rings. The number of ether oxygens (including phenoxy) is 4. The van der Waals surface area contributed by atoms with Crippen molar-refractivity contribution in [3.63, 3.8) is 0 Å². The zero-order chi connectivity index (χ0) is 51.3. The van der Waals surface area contributed by atoms with E-state index in [9.17, 15) is 23.2 Å². The summed E-state index contributed by atoms with van der Waals surface area (Å²) in [5, 5.41) is 2.85. The van der Waals surface area contributed by atoms with Crippen LogP contribution in [0.25, 0.3) is 11.1 Å². The Morgan fingerprint density at radius 3 is 1.69 bits per heavy atom. The number of hydrogen-bond donors (Lipinski definition) is 3. The smallest absolute Gasteiger partial charge is 0.260 e. The standard InChI is InChI=1S/C54H72F2N4O8Si2/c1-53(2,3)70(11,12)68-34-42-27-38(36-16-20-40(56)21-17-36)33-60(42)51(61)43-28-47(64-7)49(30-45(43)57)66-24-13-25-67-50-31-46(58-6)44(29-48(50)65-8)52(62)59-32-37(35-14-18-39(55)19-15-35)26-41(59)22-23-54(4,5)69(9,10)63/h14-21,28-33,41-42,58,63H,13,22-27,34,57H2,1-12H3/t41-,42+/m1/s1. The molecule has 4 aromatic carbocycles. The van der Waals surface area contributed by atoms with Crippen LogP contribution in [0.15, 0.2) is 85.2 Å². The lowest BCUT2D eigenvalue weighted by atomic mass is 9.96. The van der Waals surface area contributed by atoms with Crippen molar-refractivity contribution < 1.29 is 46.5 Å². The van der Waals surface area contributed by atoms with Gasteiger partial charge in [0.1, 0.15) is 11.6 Å². The zero-order valence-corrected chi connectivity index (χ0v) is 44.9. The fourth-order valence-corrected chi connectivity index (χ4v) is 10.0. The number of carbonyl (C=O) groups excluding carboxylic acids is 2. The number of benzene rings is 4. The van der Waals surface area contributed by atoms with Crippen molar-refractivity contribution in [2.75, 3.05) is 52.1 Å². The molecule has 2 amide bonds. The fourth-order valence-electron chi connectivity index (χ4n) is 8.20. The molecule has 12 nitrogen and oxygen atoms in total. The maximum atomic E-state index is 14.6. The Kier molecular flexibility index (Phi) is 16.7. The molecule has 0 bridgehead atoms. The van der Waals surface area contributed by atoms with E-state index in [1.807, 2.05) is 25.5 Å². The van der Waals surface area contributed by atoms with Gasteiger partial charge in [-0.2, -0.15) is 0 Å². The molecular weight excluding hydrogens is 927 g/mol. The van der Waals surface area contributed by atoms with Crippen LogP contribution >= 0.6 is 0 Å². The first-order chi connectivity index (χ1) is 32.9. The van der Waals surface area contributed by atoms with E-state index in [0.29, 0.717) is 66.5 Å². The van der Waals surface area contributed by atoms with E-state index in [0.717, 1.165) is 28.7 Å². The molecule has 0 radical (unpaired) electrons. The van der Waals surface area contributed by atoms with Crippen molar-refractivity contribution in [2.24, 2.45) is 0 Å². The van der Waals surface area contributed by atoms with Crippen molar-refractivity contribution in [2.45, 2.75) is 115 Å². The van der Waals surface area contributed by atoms with E-state index in [1.165, 1.54) is 38.5 Å². The highest BCUT2D eigenvalue weighted by Crippen LogP contribution is 2.44. The molecule has 0 fully saturated rings. The van der Waals surface area contributed by atoms with Crippen molar-refractivity contribution >= 4 is 51.0 Å². The van der Waals surface area contributed by atoms with E-state index < -0.39 is 16.6 Å². The molecule has 2 atom stereocenters. The van der Waals surface area contributed by atoms with Gasteiger partial charge in [0, 0.05) is 49.7 Å². The summed E-state index contributed by atoms with van der Waals surface area (Å²) < 4.78 is 58.2. The number of nitrogens with two attached hydrogens (primary N) is 1. The Labute approximate surface area is 415 Å². The molecule has 0 unspecified atom stereocenters. The largest absolute Gasteiger partial charge is 0.493 e. The normalized spacial score (nSPS) is 16.5. The van der Waals surface area contributed by atoms with Gasteiger partial charge in [-0.15, -0.1) is 0 Å². The van der Waals surface area contributed by atoms with Crippen LogP contribution < -0.4 is 30.0 Å². The number of methoxy groups -OCH3 is 2. The molecule has 70 heavy (non-hydrogen) atoms. The third-order valence-electron chi connectivity index (χ3n) is 14.6. The van der Waals surface area contributed by atoms with Crippen LogP contribution in [0.5, 0.6) is 23.0 Å². The van der Waals surface area contributed by atoms with Crippen LogP contribution in [-0.2, 0) is 4.43 Å². The maximum Gasteiger partial charge on any atom is 0.260 e. The summed E-state index contributed by atoms with van der Waals surface area (Å²) >= 11 is 0. The molecule has 0 saturated carbocycles. The van der Waals surface area contributed by atoms with Gasteiger partial charge in [0.25, 0.3) is 11.8 Å². The summed E-state index contributed by atoms with van der Waals surface area (Å²) in [6.07, 6.45) is 6.61. The average Bonchev–Trinajstić information content (AvgIpc) is 3.94. The van der Waals surface area contributed by atoms with Crippen LogP contribution in [0.1, 0.15) is 98.6 Å². The number of carbonyl (C=O) groups is 2. The first-order valence-corrected chi connectivity index (χ1v) is 29.8. The summed E-state index contributed by atoms with van der Waals surface area (Å²) in [6, 6.07) is 18.7. The summed E-state index contributed by atoms with van der Waals surface area (Å²) in [6.45, 7) is 19.7. The minimum Gasteiger partial charge on any atom is -0.493 e. The lowest BCUT2D eigenvalue weighted by molar-refractivity contribution is 0.0737. The van der Waals surface area contributed by atoms with E-state index in [-0.39, 0.29) is 70.1 Å². The van der Waals surface area contributed by atoms with Crippen LogP contribution in [0.4, 0.5) is 20.2 Å². The molecule has 0 spiro atoms. The molecule has 4 N–H and O–H groups in total. The van der Waals surface area contributed by atoms with Crippen molar-refractivity contribution in [1.82, 2.24) is 9.80 Å². The number of nitrogen functional groups attached to an aromatic ring is 1. The predicted molar refractivity (Wildman–Crippen MR) is 280 cm³/mol. The van der Waals surface area contributed by atoms with Crippen molar-refractivity contribution in [3.05, 3.63) is 119 Å². The first-order valence-electron chi connectivity index (χ1n) is 24.0. The first kappa shape index (κ1) is 53.7. The van der Waals surface area contributed by atoms with E-state index in [1.54, 1.807) is 65.4 Å². The molecule has 2 aliphatic heterocycles. The van der Waals surface area contributed by atoms with Crippen LogP contribution in [0.2, 0.25) is 36.3 Å². The SMILES string of the molecule is CNc1cc(OCCCOc2cc(N)c(C(=O)N3C=C(c4ccc(F)cc4)C[C@H]3CO[Si](C)(C)C(C)(C)C)cc2OC)c(OC)cc1C(=O)N1C=C(c2ccc(F)cc2)C[C@H]1CCC(C)(C)[Si](C)(C)O. The topological polar surface area (TPSA) is 145 Å². The van der Waals surface area contributed by atoms with Gasteiger partial charge in [-0.1, -0.05) is 58.9 Å². The average molecular weight is 999 g/mol. The van der Waals surface area contributed by atoms with Gasteiger partial charge in [-0.3, -0.25) is 9.59 Å². The second-order valence-electron chi connectivity index (χ2n) is 21.0. The highest BCUT2D eigenvalue weighted by Gasteiger charge is 2.42. The lowest BCUT2D eigenvalue weighted by Gasteiger charge is -2.38. The number of hydrogen-bond acceptors (Lipinski definition) is 10. The molecule has 6 rings (SSSR count). The molecule has 0 saturated heterocycles. The maximum absolute atomic E-state index is 14.6. The molecule has 0 aromatic heterocycles. The molecule has 0 aliphatic carbocycles. The Morgan fingerprint density at radius 2 is 1.20 bits per heavy atom. The second-order valence-corrected chi connectivity index (χ2v) is 30.2. The Morgan fingerprint density at radius 1 is 0.729 bits per heavy atom. The minimum absolute atomic E-state index is 0.0281. The third kappa shape index (κ3) is 12.2. The Hall–Kier alpha value is -5.69. The molecular formula is C54H72F2N4O8Si2. The summed E-state index contributed by atoms with van der Waals surface area (Å²) in [7, 11) is 0.0849.